The molecule has 5 heteroatoms. The van der Waals surface area contributed by atoms with Crippen molar-refractivity contribution >= 4 is 44.7 Å². The number of Topliss-reactive ketones (excluding diaryl/α,β-unsaturated/α-hetero) is 1. The van der Waals surface area contributed by atoms with Crippen molar-refractivity contribution < 1.29 is 4.79 Å². The number of rotatable bonds is 1. The van der Waals surface area contributed by atoms with Gasteiger partial charge in [-0.1, -0.05) is 17.7 Å². The highest BCUT2D eigenvalue weighted by Gasteiger charge is 2.22. The monoisotopic (exact) mass is 341 g/mol. The second-order valence-electron chi connectivity index (χ2n) is 4.20. The van der Waals surface area contributed by atoms with E-state index in [1.807, 2.05) is 18.2 Å². The van der Waals surface area contributed by atoms with Crippen LogP contribution in [0.1, 0.15) is 28.2 Å². The number of carbonyl (C=O) groups excluding carboxylic acids is 1. The van der Waals surface area contributed by atoms with E-state index in [1.54, 1.807) is 0 Å². The van der Waals surface area contributed by atoms with Crippen LogP contribution in [0.15, 0.2) is 22.7 Å². The molecule has 0 unspecified atom stereocenters. The highest BCUT2D eigenvalue weighted by molar-refractivity contribution is 9.10. The number of hydrogen-bond acceptors (Lipinski definition) is 3. The topological polar surface area (TPSA) is 30.0 Å². The second kappa shape index (κ2) is 4.76. The molecule has 2 aromatic rings. The summed E-state index contributed by atoms with van der Waals surface area (Å²) in [6, 6.07) is 5.71. The van der Waals surface area contributed by atoms with Gasteiger partial charge in [0.05, 0.1) is 15.6 Å². The van der Waals surface area contributed by atoms with Gasteiger partial charge >= 0.3 is 0 Å². The lowest BCUT2D eigenvalue weighted by Gasteiger charge is -2.06. The van der Waals surface area contributed by atoms with Crippen molar-refractivity contribution in [3.05, 3.63) is 38.3 Å². The average molecular weight is 343 g/mol. The van der Waals surface area contributed by atoms with Crippen LogP contribution in [-0.4, -0.2) is 10.8 Å². The third kappa shape index (κ3) is 2.13. The summed E-state index contributed by atoms with van der Waals surface area (Å²) in [7, 11) is 0. The molecule has 1 aromatic heterocycles. The summed E-state index contributed by atoms with van der Waals surface area (Å²) in [5, 5.41) is 1.57. The molecule has 0 saturated heterocycles. The van der Waals surface area contributed by atoms with E-state index in [-0.39, 0.29) is 5.78 Å². The minimum Gasteiger partial charge on any atom is -0.293 e. The first-order chi connectivity index (χ1) is 8.65. The van der Waals surface area contributed by atoms with E-state index in [1.165, 1.54) is 11.3 Å². The number of halogens is 2. The van der Waals surface area contributed by atoms with Crippen LogP contribution in [0.4, 0.5) is 0 Å². The molecule has 1 aliphatic rings. The van der Waals surface area contributed by atoms with Gasteiger partial charge in [-0.25, -0.2) is 4.98 Å². The molecule has 1 heterocycles. The Balaban J connectivity index is 2.07. The standard InChI is InChI=1S/C13H9BrClNOS/c14-8-6-7(4-5-9(8)15)13-16-10-2-1-3-11(17)12(10)18-13/h4-6H,1-3H2. The van der Waals surface area contributed by atoms with E-state index in [4.69, 9.17) is 11.6 Å². The second-order valence-corrected chi connectivity index (χ2v) is 6.46. The molecule has 18 heavy (non-hydrogen) atoms. The number of aryl methyl sites for hydroxylation is 1. The fourth-order valence-electron chi connectivity index (χ4n) is 2.02. The van der Waals surface area contributed by atoms with E-state index in [2.05, 4.69) is 20.9 Å². The van der Waals surface area contributed by atoms with Crippen LogP contribution in [0, 0.1) is 0 Å². The van der Waals surface area contributed by atoms with Gasteiger partial charge in [0, 0.05) is 16.5 Å². The van der Waals surface area contributed by atoms with Crippen LogP contribution in [0.2, 0.25) is 5.02 Å². The first-order valence-electron chi connectivity index (χ1n) is 5.63. The zero-order valence-electron chi connectivity index (χ0n) is 9.37. The Hall–Kier alpha value is -0.710. The molecule has 2 nitrogen and oxygen atoms in total. The van der Waals surface area contributed by atoms with Crippen LogP contribution in [-0.2, 0) is 6.42 Å². The van der Waals surface area contributed by atoms with Crippen molar-refractivity contribution in [2.45, 2.75) is 19.3 Å². The molecule has 0 radical (unpaired) electrons. The van der Waals surface area contributed by atoms with E-state index in [0.717, 1.165) is 38.5 Å². The number of aromatic nitrogens is 1. The molecule has 0 aliphatic heterocycles. The van der Waals surface area contributed by atoms with E-state index < -0.39 is 0 Å². The molecule has 1 aliphatic carbocycles. The summed E-state index contributed by atoms with van der Waals surface area (Å²) in [5.41, 5.74) is 1.95. The molecule has 92 valence electrons. The lowest BCUT2D eigenvalue weighted by atomic mass is 10.0. The summed E-state index contributed by atoms with van der Waals surface area (Å²) < 4.78 is 0.848. The minimum atomic E-state index is 0.230. The van der Waals surface area contributed by atoms with Gasteiger partial charge in [0.2, 0.25) is 0 Å². The van der Waals surface area contributed by atoms with Crippen molar-refractivity contribution in [1.29, 1.82) is 0 Å². The predicted octanol–water partition coefficient (Wildman–Crippen LogP) is 4.75. The van der Waals surface area contributed by atoms with E-state index >= 15 is 0 Å². The molecule has 1 aromatic carbocycles. The third-order valence-electron chi connectivity index (χ3n) is 2.93. The molecule has 0 N–H and O–H groups in total. The normalized spacial score (nSPS) is 14.7. The highest BCUT2D eigenvalue weighted by Crippen LogP contribution is 2.35. The van der Waals surface area contributed by atoms with E-state index in [0.29, 0.717) is 11.4 Å². The molecule has 0 atom stereocenters. The zero-order valence-corrected chi connectivity index (χ0v) is 12.5. The number of benzene rings is 1. The minimum absolute atomic E-state index is 0.230. The van der Waals surface area contributed by atoms with Gasteiger partial charge in [0.1, 0.15) is 5.01 Å². The Morgan fingerprint density at radius 3 is 2.89 bits per heavy atom. The van der Waals surface area contributed by atoms with Crippen molar-refractivity contribution in [2.24, 2.45) is 0 Å². The molecular weight excluding hydrogens is 334 g/mol. The number of fused-ring (bicyclic) bond motifs is 1. The summed E-state index contributed by atoms with van der Waals surface area (Å²) in [6.07, 6.45) is 2.48. The Kier molecular flexibility index (Phi) is 3.26. The number of thiazole rings is 1. The van der Waals surface area contributed by atoms with Crippen LogP contribution in [0.5, 0.6) is 0 Å². The molecule has 0 amide bonds. The van der Waals surface area contributed by atoms with Gasteiger partial charge in [-0.15, -0.1) is 11.3 Å². The van der Waals surface area contributed by atoms with Crippen molar-refractivity contribution in [3.8, 4) is 10.6 Å². The van der Waals surface area contributed by atoms with Crippen LogP contribution in [0.3, 0.4) is 0 Å². The summed E-state index contributed by atoms with van der Waals surface area (Å²) >= 11 is 10.9. The Morgan fingerprint density at radius 1 is 1.33 bits per heavy atom. The molecule has 0 spiro atoms. The Labute approximate surface area is 122 Å². The molecular formula is C13H9BrClNOS. The predicted molar refractivity (Wildman–Crippen MR) is 77.5 cm³/mol. The third-order valence-corrected chi connectivity index (χ3v) is 5.34. The maximum Gasteiger partial charge on any atom is 0.174 e. The van der Waals surface area contributed by atoms with Crippen LogP contribution in [0.25, 0.3) is 10.6 Å². The van der Waals surface area contributed by atoms with Gasteiger partial charge in [-0.3, -0.25) is 4.79 Å². The number of hydrogen-bond donors (Lipinski definition) is 0. The summed E-state index contributed by atoms with van der Waals surface area (Å²) in [4.78, 5) is 17.2. The molecule has 0 bridgehead atoms. The van der Waals surface area contributed by atoms with Crippen molar-refractivity contribution in [2.75, 3.05) is 0 Å². The molecule has 0 fully saturated rings. The SMILES string of the molecule is O=C1CCCc2nc(-c3ccc(Cl)c(Br)c3)sc21. The van der Waals surface area contributed by atoms with Crippen LogP contribution < -0.4 is 0 Å². The lowest BCUT2D eigenvalue weighted by Crippen LogP contribution is -2.07. The number of nitrogens with zero attached hydrogens (tertiary/aromatic N) is 1. The fourth-order valence-corrected chi connectivity index (χ4v) is 3.59. The first kappa shape index (κ1) is 12.3. The smallest absolute Gasteiger partial charge is 0.174 e. The fraction of sp³-hybridized carbons (Fsp3) is 0.231. The Morgan fingerprint density at radius 2 is 2.17 bits per heavy atom. The van der Waals surface area contributed by atoms with Crippen LogP contribution >= 0.6 is 38.9 Å². The first-order valence-corrected chi connectivity index (χ1v) is 7.62. The van der Waals surface area contributed by atoms with Gasteiger partial charge < -0.3 is 0 Å². The Bertz CT molecular complexity index is 638. The largest absolute Gasteiger partial charge is 0.293 e. The molecule has 3 rings (SSSR count). The van der Waals surface area contributed by atoms with Gasteiger partial charge in [-0.2, -0.15) is 0 Å². The lowest BCUT2D eigenvalue weighted by molar-refractivity contribution is 0.0976. The summed E-state index contributed by atoms with van der Waals surface area (Å²) in [5.74, 6) is 0.230. The number of carbonyl (C=O) groups is 1. The van der Waals surface area contributed by atoms with Gasteiger partial charge in [-0.05, 0) is 40.9 Å². The maximum atomic E-state index is 11.8. The quantitative estimate of drug-likeness (QED) is 0.749. The average Bonchev–Trinajstić information content (AvgIpc) is 2.78. The van der Waals surface area contributed by atoms with Crippen molar-refractivity contribution in [3.63, 3.8) is 0 Å². The zero-order chi connectivity index (χ0) is 12.7. The van der Waals surface area contributed by atoms with Gasteiger partial charge in [0.25, 0.3) is 0 Å². The van der Waals surface area contributed by atoms with E-state index in [9.17, 15) is 4.79 Å². The summed E-state index contributed by atoms with van der Waals surface area (Å²) in [6.45, 7) is 0. The van der Waals surface area contributed by atoms with Gasteiger partial charge in [0.15, 0.2) is 5.78 Å². The molecule has 0 saturated carbocycles. The number of ketones is 1. The maximum absolute atomic E-state index is 11.8. The highest BCUT2D eigenvalue weighted by atomic mass is 79.9. The van der Waals surface area contributed by atoms with Crippen molar-refractivity contribution in [1.82, 2.24) is 4.98 Å².